The lowest BCUT2D eigenvalue weighted by Gasteiger charge is -2.17. The molecule has 3 rings (SSSR count). The molecule has 0 aliphatic rings. The molecule has 0 amide bonds. The molecule has 0 aliphatic heterocycles. The number of hydrogen-bond acceptors (Lipinski definition) is 1. The molecule has 1 nitrogen and oxygen atoms in total. The molecule has 1 atom stereocenters. The summed E-state index contributed by atoms with van der Waals surface area (Å²) in [7, 11) is 0. The molecule has 3 aromatic rings. The fraction of sp³-hybridized carbons (Fsp3) is 0.290. The summed E-state index contributed by atoms with van der Waals surface area (Å²) in [5.41, 5.74) is 2.82. The fourth-order valence-electron chi connectivity index (χ4n) is 4.30. The maximum Gasteiger partial charge on any atom is 0.201 e. The molecule has 0 saturated carbocycles. The van der Waals surface area contributed by atoms with Gasteiger partial charge in [-0.05, 0) is 72.9 Å². The molecule has 0 fully saturated rings. The highest BCUT2D eigenvalue weighted by Gasteiger charge is 2.17. The standard InChI is InChI=1S/C31H33F3O/c1-4-7-9-11-22(10-6-3)25-16-17-26(28(32)21-25)23-12-14-24(15-13-23)27-18-19-29(31(34)30(27)33)35-20-8-5-2/h4-5,12-19,21-22H,1-2,6-11,20H2,3H3. The second kappa shape index (κ2) is 13.0. The predicted molar refractivity (Wildman–Crippen MR) is 139 cm³/mol. The van der Waals surface area contributed by atoms with Crippen LogP contribution < -0.4 is 4.74 Å². The smallest absolute Gasteiger partial charge is 0.201 e. The first-order valence-electron chi connectivity index (χ1n) is 12.2. The highest BCUT2D eigenvalue weighted by atomic mass is 19.2. The van der Waals surface area contributed by atoms with Crippen LogP contribution in [0.3, 0.4) is 0 Å². The van der Waals surface area contributed by atoms with Crippen LogP contribution in [0.4, 0.5) is 13.2 Å². The quantitative estimate of drug-likeness (QED) is 0.175. The second-order valence-electron chi connectivity index (χ2n) is 8.69. The average molecular weight is 479 g/mol. The number of hydrogen-bond donors (Lipinski definition) is 0. The molecule has 1 unspecified atom stereocenters. The van der Waals surface area contributed by atoms with Crippen LogP contribution in [0.25, 0.3) is 22.3 Å². The van der Waals surface area contributed by atoms with E-state index in [-0.39, 0.29) is 23.7 Å². The zero-order valence-corrected chi connectivity index (χ0v) is 20.3. The van der Waals surface area contributed by atoms with Crippen LogP contribution in [0.5, 0.6) is 5.75 Å². The van der Waals surface area contributed by atoms with Gasteiger partial charge < -0.3 is 4.74 Å². The van der Waals surface area contributed by atoms with Crippen LogP contribution in [0, 0.1) is 17.5 Å². The largest absolute Gasteiger partial charge is 0.490 e. The molecule has 3 aromatic carbocycles. The lowest BCUT2D eigenvalue weighted by Crippen LogP contribution is -2.01. The van der Waals surface area contributed by atoms with Crippen molar-refractivity contribution in [2.45, 2.75) is 51.4 Å². The van der Waals surface area contributed by atoms with Gasteiger partial charge >= 0.3 is 0 Å². The highest BCUT2D eigenvalue weighted by molar-refractivity contribution is 5.71. The number of ether oxygens (including phenoxy) is 1. The Kier molecular flexibility index (Phi) is 9.77. The number of unbranched alkanes of at least 4 members (excludes halogenated alkanes) is 1. The number of rotatable bonds is 13. The van der Waals surface area contributed by atoms with Crippen LogP contribution in [0.2, 0.25) is 0 Å². The number of halogens is 3. The maximum absolute atomic E-state index is 15.1. The van der Waals surface area contributed by atoms with Gasteiger partial charge in [0.2, 0.25) is 5.82 Å². The molecular weight excluding hydrogens is 445 g/mol. The van der Waals surface area contributed by atoms with Gasteiger partial charge in [-0.2, -0.15) is 4.39 Å². The third-order valence-electron chi connectivity index (χ3n) is 6.20. The SMILES string of the molecule is C=CCCCC(CCC)c1ccc(-c2ccc(-c3ccc(OCCC=C)c(F)c3F)cc2)c(F)c1. The first-order chi connectivity index (χ1) is 17.0. The molecule has 35 heavy (non-hydrogen) atoms. The summed E-state index contributed by atoms with van der Waals surface area (Å²) < 4.78 is 49.5. The van der Waals surface area contributed by atoms with Crippen molar-refractivity contribution in [2.24, 2.45) is 0 Å². The molecule has 4 heteroatoms. The third kappa shape index (κ3) is 6.66. The molecule has 0 bridgehead atoms. The summed E-state index contributed by atoms with van der Waals surface area (Å²) in [4.78, 5) is 0. The monoisotopic (exact) mass is 478 g/mol. The van der Waals surface area contributed by atoms with E-state index in [1.54, 1.807) is 36.4 Å². The van der Waals surface area contributed by atoms with Crippen LogP contribution in [-0.4, -0.2) is 6.61 Å². The molecule has 0 aromatic heterocycles. The van der Waals surface area contributed by atoms with Crippen molar-refractivity contribution < 1.29 is 17.9 Å². The van der Waals surface area contributed by atoms with E-state index in [0.29, 0.717) is 29.0 Å². The van der Waals surface area contributed by atoms with E-state index in [4.69, 9.17) is 4.74 Å². The average Bonchev–Trinajstić information content (AvgIpc) is 2.86. The Morgan fingerprint density at radius 1 is 0.800 bits per heavy atom. The second-order valence-corrected chi connectivity index (χ2v) is 8.69. The van der Waals surface area contributed by atoms with Crippen LogP contribution in [0.15, 0.2) is 79.9 Å². The minimum atomic E-state index is -1.02. The van der Waals surface area contributed by atoms with Gasteiger partial charge in [0.05, 0.1) is 6.61 Å². The van der Waals surface area contributed by atoms with E-state index < -0.39 is 11.6 Å². The first-order valence-corrected chi connectivity index (χ1v) is 12.2. The van der Waals surface area contributed by atoms with Crippen molar-refractivity contribution in [1.82, 2.24) is 0 Å². The Bertz CT molecular complexity index is 1130. The molecule has 0 saturated heterocycles. The summed E-state index contributed by atoms with van der Waals surface area (Å²) in [5.74, 6) is -2.07. The summed E-state index contributed by atoms with van der Waals surface area (Å²) in [5, 5.41) is 0. The molecule has 184 valence electrons. The van der Waals surface area contributed by atoms with Gasteiger partial charge in [-0.15, -0.1) is 13.2 Å². The summed E-state index contributed by atoms with van der Waals surface area (Å²) >= 11 is 0. The van der Waals surface area contributed by atoms with Gasteiger partial charge in [0, 0.05) is 11.1 Å². The highest BCUT2D eigenvalue weighted by Crippen LogP contribution is 2.34. The normalized spacial score (nSPS) is 11.8. The van der Waals surface area contributed by atoms with Gasteiger partial charge in [0.25, 0.3) is 0 Å². The third-order valence-corrected chi connectivity index (χ3v) is 6.20. The fourth-order valence-corrected chi connectivity index (χ4v) is 4.30. The molecule has 0 aliphatic carbocycles. The lowest BCUT2D eigenvalue weighted by atomic mass is 9.88. The summed E-state index contributed by atoms with van der Waals surface area (Å²) in [6, 6.07) is 15.2. The van der Waals surface area contributed by atoms with Crippen molar-refractivity contribution in [3.05, 3.63) is 103 Å². The minimum absolute atomic E-state index is 0.127. The number of benzene rings is 3. The van der Waals surface area contributed by atoms with E-state index in [1.165, 1.54) is 12.1 Å². The van der Waals surface area contributed by atoms with Crippen molar-refractivity contribution in [3.63, 3.8) is 0 Å². The van der Waals surface area contributed by atoms with Gasteiger partial charge in [0.15, 0.2) is 11.6 Å². The zero-order valence-electron chi connectivity index (χ0n) is 20.3. The van der Waals surface area contributed by atoms with Crippen molar-refractivity contribution >= 4 is 0 Å². The molecule has 0 N–H and O–H groups in total. The summed E-state index contributed by atoms with van der Waals surface area (Å²) in [6.07, 6.45) is 9.18. The molecule has 0 spiro atoms. The van der Waals surface area contributed by atoms with Crippen LogP contribution in [0.1, 0.15) is 56.9 Å². The Morgan fingerprint density at radius 3 is 2.09 bits per heavy atom. The molecule has 0 radical (unpaired) electrons. The Labute approximate surface area is 207 Å². The van der Waals surface area contributed by atoms with Crippen molar-refractivity contribution in [2.75, 3.05) is 6.61 Å². The summed E-state index contributed by atoms with van der Waals surface area (Å²) in [6.45, 7) is 9.73. The molecule has 0 heterocycles. The lowest BCUT2D eigenvalue weighted by molar-refractivity contribution is 0.302. The topological polar surface area (TPSA) is 9.23 Å². The Balaban J connectivity index is 1.80. The van der Waals surface area contributed by atoms with Gasteiger partial charge in [-0.25, -0.2) is 8.78 Å². The van der Waals surface area contributed by atoms with E-state index >= 15 is 4.39 Å². The first kappa shape index (κ1) is 26.3. The van der Waals surface area contributed by atoms with E-state index in [9.17, 15) is 8.78 Å². The minimum Gasteiger partial charge on any atom is -0.490 e. The van der Waals surface area contributed by atoms with Gasteiger partial charge in [-0.1, -0.05) is 61.9 Å². The maximum atomic E-state index is 15.1. The Hall–Kier alpha value is -3.27. The van der Waals surface area contributed by atoms with Gasteiger partial charge in [0.1, 0.15) is 5.82 Å². The number of allylic oxidation sites excluding steroid dienone is 1. The van der Waals surface area contributed by atoms with E-state index in [1.807, 2.05) is 18.2 Å². The predicted octanol–water partition coefficient (Wildman–Crippen LogP) is 9.63. The van der Waals surface area contributed by atoms with Crippen molar-refractivity contribution in [3.8, 4) is 28.0 Å². The van der Waals surface area contributed by atoms with Crippen molar-refractivity contribution in [1.29, 1.82) is 0 Å². The van der Waals surface area contributed by atoms with Crippen LogP contribution in [-0.2, 0) is 0 Å². The molecular formula is C31H33F3O. The van der Waals surface area contributed by atoms with Crippen LogP contribution >= 0.6 is 0 Å². The van der Waals surface area contributed by atoms with E-state index in [0.717, 1.165) is 37.7 Å². The Morgan fingerprint density at radius 2 is 1.46 bits per heavy atom. The van der Waals surface area contributed by atoms with Gasteiger partial charge in [-0.3, -0.25) is 0 Å². The zero-order chi connectivity index (χ0) is 25.2. The van der Waals surface area contributed by atoms with E-state index in [2.05, 4.69) is 20.1 Å².